The zero-order valence-electron chi connectivity index (χ0n) is 11.7. The number of nitrogens with zero attached hydrogens (tertiary/aromatic N) is 3. The Bertz CT molecular complexity index is 620. The highest BCUT2D eigenvalue weighted by atomic mass is 35.5. The smallest absolute Gasteiger partial charge is 0.160 e. The second-order valence-corrected chi connectivity index (χ2v) is 5.56. The molecule has 0 spiro atoms. The summed E-state index contributed by atoms with van der Waals surface area (Å²) in [5.74, 6) is 1.18. The van der Waals surface area contributed by atoms with Crippen molar-refractivity contribution in [1.29, 1.82) is 0 Å². The van der Waals surface area contributed by atoms with Crippen LogP contribution in [0.2, 0.25) is 0 Å². The molecule has 0 aromatic carbocycles. The predicted octanol–water partition coefficient (Wildman–Crippen LogP) is 2.28. The summed E-state index contributed by atoms with van der Waals surface area (Å²) >= 11 is 6.03. The molecule has 6 heteroatoms. The van der Waals surface area contributed by atoms with Crippen LogP contribution in [0, 0.1) is 6.92 Å². The van der Waals surface area contributed by atoms with Crippen LogP contribution in [-0.4, -0.2) is 40.5 Å². The van der Waals surface area contributed by atoms with Gasteiger partial charge in [0.05, 0.1) is 19.0 Å². The van der Waals surface area contributed by atoms with E-state index in [-0.39, 0.29) is 5.60 Å². The normalized spacial score (nSPS) is 22.8. The molecule has 1 fully saturated rings. The molecule has 0 saturated carbocycles. The molecule has 1 aliphatic heterocycles. The molecule has 0 aliphatic carbocycles. The number of hydrogen-bond donors (Lipinski definition) is 0. The molecule has 2 aromatic heterocycles. The summed E-state index contributed by atoms with van der Waals surface area (Å²) in [5, 5.41) is 0. The lowest BCUT2D eigenvalue weighted by atomic mass is 10.0. The number of alkyl halides is 1. The highest BCUT2D eigenvalue weighted by Crippen LogP contribution is 2.27. The summed E-state index contributed by atoms with van der Waals surface area (Å²) in [4.78, 5) is 9.07. The van der Waals surface area contributed by atoms with E-state index in [1.54, 1.807) is 7.11 Å². The fourth-order valence-corrected chi connectivity index (χ4v) is 2.86. The maximum Gasteiger partial charge on any atom is 0.160 e. The summed E-state index contributed by atoms with van der Waals surface area (Å²) in [7, 11) is 1.73. The van der Waals surface area contributed by atoms with Gasteiger partial charge in [0, 0.05) is 26.3 Å². The third-order valence-corrected chi connectivity index (χ3v) is 4.11. The fraction of sp³-hybridized carbons (Fsp3) is 0.571. The Balaban J connectivity index is 2.05. The van der Waals surface area contributed by atoms with Crippen molar-refractivity contribution in [2.24, 2.45) is 0 Å². The van der Waals surface area contributed by atoms with Crippen LogP contribution in [-0.2, 0) is 21.9 Å². The molecule has 3 rings (SSSR count). The van der Waals surface area contributed by atoms with Gasteiger partial charge in [0.2, 0.25) is 0 Å². The molecule has 1 saturated heterocycles. The van der Waals surface area contributed by atoms with Gasteiger partial charge in [-0.1, -0.05) is 0 Å². The Morgan fingerprint density at radius 3 is 3.05 bits per heavy atom. The van der Waals surface area contributed by atoms with Gasteiger partial charge < -0.3 is 14.0 Å². The highest BCUT2D eigenvalue weighted by Gasteiger charge is 2.36. The number of halogens is 1. The molecule has 1 atom stereocenters. The van der Waals surface area contributed by atoms with Gasteiger partial charge in [-0.25, -0.2) is 9.97 Å². The van der Waals surface area contributed by atoms with Gasteiger partial charge in [0.1, 0.15) is 16.9 Å². The standard InChI is InChI=1S/C14H18ClN3O2/c1-10-5-11-13(16-7-10)18(12(6-15)17-11)8-14(19-2)3-4-20-9-14/h5,7H,3-4,6,8-9H2,1-2H3. The maximum atomic E-state index is 6.03. The molecule has 0 N–H and O–H groups in total. The lowest BCUT2D eigenvalue weighted by Gasteiger charge is -2.26. The number of hydrogen-bond acceptors (Lipinski definition) is 4. The average molecular weight is 296 g/mol. The minimum absolute atomic E-state index is 0.305. The van der Waals surface area contributed by atoms with E-state index in [0.717, 1.165) is 35.6 Å². The lowest BCUT2D eigenvalue weighted by molar-refractivity contribution is -0.0292. The lowest BCUT2D eigenvalue weighted by Crippen LogP contribution is -2.37. The third-order valence-electron chi connectivity index (χ3n) is 3.87. The first-order valence-electron chi connectivity index (χ1n) is 6.68. The SMILES string of the molecule is COC1(Cn2c(CCl)nc3cc(C)cnc32)CCOC1. The number of aromatic nitrogens is 3. The summed E-state index contributed by atoms with van der Waals surface area (Å²) in [6.07, 6.45) is 2.72. The van der Waals surface area contributed by atoms with E-state index in [1.807, 2.05) is 19.2 Å². The maximum absolute atomic E-state index is 6.03. The van der Waals surface area contributed by atoms with Crippen LogP contribution in [0.15, 0.2) is 12.3 Å². The van der Waals surface area contributed by atoms with Crippen LogP contribution in [0.3, 0.4) is 0 Å². The Morgan fingerprint density at radius 1 is 1.55 bits per heavy atom. The van der Waals surface area contributed by atoms with Crippen LogP contribution >= 0.6 is 11.6 Å². The van der Waals surface area contributed by atoms with E-state index in [2.05, 4.69) is 14.5 Å². The van der Waals surface area contributed by atoms with Crippen LogP contribution in [0.1, 0.15) is 17.8 Å². The van der Waals surface area contributed by atoms with Crippen molar-refractivity contribution in [2.75, 3.05) is 20.3 Å². The molecule has 0 radical (unpaired) electrons. The number of ether oxygens (including phenoxy) is 2. The number of aryl methyl sites for hydroxylation is 1. The highest BCUT2D eigenvalue weighted by molar-refractivity contribution is 6.16. The molecular weight excluding hydrogens is 278 g/mol. The number of rotatable bonds is 4. The number of pyridine rings is 1. The van der Waals surface area contributed by atoms with E-state index in [1.165, 1.54) is 0 Å². The summed E-state index contributed by atoms with van der Waals surface area (Å²) in [6.45, 7) is 3.99. The van der Waals surface area contributed by atoms with E-state index >= 15 is 0 Å². The van der Waals surface area contributed by atoms with Crippen molar-refractivity contribution in [3.05, 3.63) is 23.7 Å². The zero-order valence-corrected chi connectivity index (χ0v) is 12.5. The number of imidazole rings is 1. The molecule has 0 bridgehead atoms. The predicted molar refractivity (Wildman–Crippen MR) is 77.0 cm³/mol. The van der Waals surface area contributed by atoms with Crippen molar-refractivity contribution in [1.82, 2.24) is 14.5 Å². The largest absolute Gasteiger partial charge is 0.378 e. The van der Waals surface area contributed by atoms with Crippen molar-refractivity contribution in [3.8, 4) is 0 Å². The van der Waals surface area contributed by atoms with Crippen molar-refractivity contribution in [2.45, 2.75) is 31.4 Å². The van der Waals surface area contributed by atoms with Gasteiger partial charge in [-0.15, -0.1) is 11.6 Å². The Morgan fingerprint density at radius 2 is 2.40 bits per heavy atom. The molecule has 108 valence electrons. The van der Waals surface area contributed by atoms with E-state index < -0.39 is 0 Å². The van der Waals surface area contributed by atoms with Gasteiger partial charge in [-0.05, 0) is 18.6 Å². The minimum atomic E-state index is -0.305. The molecular formula is C14H18ClN3O2. The minimum Gasteiger partial charge on any atom is -0.378 e. The van der Waals surface area contributed by atoms with Gasteiger partial charge in [-0.2, -0.15) is 0 Å². The second kappa shape index (κ2) is 5.31. The van der Waals surface area contributed by atoms with Gasteiger partial charge in [0.15, 0.2) is 5.65 Å². The first kappa shape index (κ1) is 13.8. The van der Waals surface area contributed by atoms with Crippen LogP contribution < -0.4 is 0 Å². The van der Waals surface area contributed by atoms with Crippen LogP contribution in [0.4, 0.5) is 0 Å². The van der Waals surface area contributed by atoms with Crippen LogP contribution in [0.25, 0.3) is 11.2 Å². The topological polar surface area (TPSA) is 49.2 Å². The molecule has 3 heterocycles. The van der Waals surface area contributed by atoms with E-state index in [9.17, 15) is 0 Å². The van der Waals surface area contributed by atoms with Crippen LogP contribution in [0.5, 0.6) is 0 Å². The number of methoxy groups -OCH3 is 1. The first-order chi connectivity index (χ1) is 9.67. The third kappa shape index (κ3) is 2.30. The van der Waals surface area contributed by atoms with Gasteiger partial charge >= 0.3 is 0 Å². The van der Waals surface area contributed by atoms with E-state index in [0.29, 0.717) is 19.0 Å². The summed E-state index contributed by atoms with van der Waals surface area (Å²) in [6, 6.07) is 2.03. The molecule has 5 nitrogen and oxygen atoms in total. The van der Waals surface area contributed by atoms with Crippen molar-refractivity contribution >= 4 is 22.8 Å². The first-order valence-corrected chi connectivity index (χ1v) is 7.21. The Labute approximate surface area is 122 Å². The van der Waals surface area contributed by atoms with Crippen molar-refractivity contribution < 1.29 is 9.47 Å². The monoisotopic (exact) mass is 295 g/mol. The van der Waals surface area contributed by atoms with Gasteiger partial charge in [0.25, 0.3) is 0 Å². The molecule has 0 amide bonds. The summed E-state index contributed by atoms with van der Waals surface area (Å²) in [5.41, 5.74) is 2.52. The molecule has 1 aliphatic rings. The fourth-order valence-electron chi connectivity index (χ4n) is 2.65. The Kier molecular flexibility index (Phi) is 3.67. The zero-order chi connectivity index (χ0) is 14.2. The van der Waals surface area contributed by atoms with Crippen molar-refractivity contribution in [3.63, 3.8) is 0 Å². The number of fused-ring (bicyclic) bond motifs is 1. The van der Waals surface area contributed by atoms with E-state index in [4.69, 9.17) is 21.1 Å². The quantitative estimate of drug-likeness (QED) is 0.812. The second-order valence-electron chi connectivity index (χ2n) is 5.29. The van der Waals surface area contributed by atoms with Gasteiger partial charge in [-0.3, -0.25) is 0 Å². The molecule has 1 unspecified atom stereocenters. The average Bonchev–Trinajstić information content (AvgIpc) is 3.04. The Hall–Kier alpha value is -1.17. The molecule has 2 aromatic rings. The molecule has 20 heavy (non-hydrogen) atoms. The summed E-state index contributed by atoms with van der Waals surface area (Å²) < 4.78 is 13.2.